The maximum absolute atomic E-state index is 10.1. The van der Waals surface area contributed by atoms with Gasteiger partial charge in [-0.05, 0) is 6.92 Å². The second kappa shape index (κ2) is 22.7. The number of carbonyl (C=O) groups excluding carboxylic acids is 1. The minimum Gasteiger partial charge on any atom is -0.463 e. The van der Waals surface area contributed by atoms with Gasteiger partial charge in [0.2, 0.25) is 0 Å². The summed E-state index contributed by atoms with van der Waals surface area (Å²) in [6.07, 6.45) is 5.60. The Morgan fingerprint density at radius 2 is 1.73 bits per heavy atom. The van der Waals surface area contributed by atoms with Gasteiger partial charge in [0, 0.05) is 12.2 Å². The Bertz CT molecular complexity index is 230. The molecule has 15 heavy (non-hydrogen) atoms. The van der Waals surface area contributed by atoms with Crippen LogP contribution in [0.1, 0.15) is 6.92 Å². The third kappa shape index (κ3) is 48.5. The molecule has 0 N–H and O–H groups in total. The van der Waals surface area contributed by atoms with E-state index in [9.17, 15) is 4.79 Å². The van der Waals surface area contributed by atoms with Gasteiger partial charge in [-0.15, -0.1) is 0 Å². The molecule has 0 atom stereocenters. The summed E-state index contributed by atoms with van der Waals surface area (Å²) in [6, 6.07) is 1.69. The molecule has 3 heteroatoms. The summed E-state index contributed by atoms with van der Waals surface area (Å²) < 4.78 is 4.43. The molecule has 0 aromatic rings. The fourth-order valence-electron chi connectivity index (χ4n) is 0.201. The highest BCUT2D eigenvalue weighted by atomic mass is 16.5. The highest BCUT2D eigenvalue weighted by molar-refractivity contribution is 5.81. The van der Waals surface area contributed by atoms with Crippen molar-refractivity contribution >= 4 is 5.97 Å². The smallest absolute Gasteiger partial charge is 0.330 e. The van der Waals surface area contributed by atoms with Gasteiger partial charge in [0.05, 0.1) is 12.7 Å². The molecule has 0 aliphatic rings. The summed E-state index contributed by atoms with van der Waals surface area (Å²) in [5, 5.41) is 7.51. The third-order valence-corrected chi connectivity index (χ3v) is 0.711. The first kappa shape index (κ1) is 18.7. The van der Waals surface area contributed by atoms with Gasteiger partial charge >= 0.3 is 5.97 Å². The fraction of sp³-hybridized carbons (Fsp3) is 0.167. The minimum atomic E-state index is -0.359. The number of hydrogen-bond acceptors (Lipinski definition) is 3. The van der Waals surface area contributed by atoms with Crippen LogP contribution in [0.3, 0.4) is 0 Å². The first-order chi connectivity index (χ1) is 7.14. The zero-order chi connectivity index (χ0) is 12.5. The van der Waals surface area contributed by atoms with Crippen LogP contribution in [0.4, 0.5) is 0 Å². The standard InChI is InChI=1S/C5H8O2.C4H6.C3H3N/c1-3-5(6)7-4-2;1-3-4-2;1-2-3-4/h3H,1,4H2,2H3;3-4H,1-2H2;2H,1H2. The molecule has 0 aliphatic carbocycles. The molecule has 82 valence electrons. The Balaban J connectivity index is -0.000000155. The van der Waals surface area contributed by atoms with E-state index in [0.717, 1.165) is 6.08 Å². The monoisotopic (exact) mass is 207 g/mol. The van der Waals surface area contributed by atoms with Crippen LogP contribution in [0, 0.1) is 11.3 Å². The number of rotatable bonds is 3. The Kier molecular flexibility index (Phi) is 28.2. The fourth-order valence-corrected chi connectivity index (χ4v) is 0.201. The first-order valence-corrected chi connectivity index (χ1v) is 4.17. The topological polar surface area (TPSA) is 50.1 Å². The van der Waals surface area contributed by atoms with Crippen LogP contribution in [0.5, 0.6) is 0 Å². The average molecular weight is 207 g/mol. The molecule has 0 rings (SSSR count). The van der Waals surface area contributed by atoms with Gasteiger partial charge in [0.1, 0.15) is 0 Å². The van der Waals surface area contributed by atoms with Crippen LogP contribution in [-0.2, 0) is 9.53 Å². The van der Waals surface area contributed by atoms with E-state index >= 15 is 0 Å². The lowest BCUT2D eigenvalue weighted by Crippen LogP contribution is -1.97. The number of allylic oxidation sites excluding steroid dienone is 3. The number of nitriles is 1. The predicted molar refractivity (Wildman–Crippen MR) is 63.0 cm³/mol. The lowest BCUT2D eigenvalue weighted by atomic mass is 10.6. The lowest BCUT2D eigenvalue weighted by molar-refractivity contribution is -0.137. The summed E-state index contributed by atoms with van der Waals surface area (Å²) in [4.78, 5) is 10.1. The molecule has 0 saturated heterocycles. The van der Waals surface area contributed by atoms with Crippen molar-refractivity contribution in [3.8, 4) is 6.07 Å². The van der Waals surface area contributed by atoms with Crippen LogP contribution in [-0.4, -0.2) is 12.6 Å². The second-order valence-electron chi connectivity index (χ2n) is 1.76. The molecule has 0 aromatic heterocycles. The Labute approximate surface area is 91.7 Å². The maximum Gasteiger partial charge on any atom is 0.330 e. The highest BCUT2D eigenvalue weighted by Crippen LogP contribution is 1.74. The van der Waals surface area contributed by atoms with Crippen molar-refractivity contribution in [3.63, 3.8) is 0 Å². The van der Waals surface area contributed by atoms with E-state index in [4.69, 9.17) is 5.26 Å². The number of carbonyl (C=O) groups is 1. The van der Waals surface area contributed by atoms with Crippen molar-refractivity contribution in [3.05, 3.63) is 50.6 Å². The molecule has 3 nitrogen and oxygen atoms in total. The summed E-state index contributed by atoms with van der Waals surface area (Å²) in [5.74, 6) is -0.359. The molecule has 0 fully saturated rings. The summed E-state index contributed by atoms with van der Waals surface area (Å²) in [7, 11) is 0. The van der Waals surface area contributed by atoms with Crippen LogP contribution < -0.4 is 0 Å². The van der Waals surface area contributed by atoms with Gasteiger partial charge < -0.3 is 4.74 Å². The normalized spacial score (nSPS) is 5.87. The van der Waals surface area contributed by atoms with Crippen LogP contribution >= 0.6 is 0 Å². The summed E-state index contributed by atoms with van der Waals surface area (Å²) in [6.45, 7) is 15.2. The highest BCUT2D eigenvalue weighted by Gasteiger charge is 1.86. The zero-order valence-corrected chi connectivity index (χ0v) is 9.11. The van der Waals surface area contributed by atoms with Crippen molar-refractivity contribution in [2.75, 3.05) is 6.61 Å². The maximum atomic E-state index is 10.1. The third-order valence-electron chi connectivity index (χ3n) is 0.711. The Morgan fingerprint density at radius 1 is 1.33 bits per heavy atom. The van der Waals surface area contributed by atoms with Crippen molar-refractivity contribution in [2.45, 2.75) is 6.92 Å². The van der Waals surface area contributed by atoms with E-state index in [1.165, 1.54) is 6.08 Å². The van der Waals surface area contributed by atoms with E-state index in [1.807, 2.05) is 0 Å². The summed E-state index contributed by atoms with van der Waals surface area (Å²) >= 11 is 0. The summed E-state index contributed by atoms with van der Waals surface area (Å²) in [5.41, 5.74) is 0. The van der Waals surface area contributed by atoms with Crippen LogP contribution in [0.2, 0.25) is 0 Å². The van der Waals surface area contributed by atoms with E-state index in [1.54, 1.807) is 25.1 Å². The Morgan fingerprint density at radius 3 is 1.80 bits per heavy atom. The number of esters is 1. The van der Waals surface area contributed by atoms with Crippen molar-refractivity contribution in [1.29, 1.82) is 5.26 Å². The van der Waals surface area contributed by atoms with Gasteiger partial charge in [0.15, 0.2) is 0 Å². The molecule has 0 unspecified atom stereocenters. The van der Waals surface area contributed by atoms with Gasteiger partial charge in [-0.2, -0.15) is 5.26 Å². The van der Waals surface area contributed by atoms with Gasteiger partial charge in [-0.25, -0.2) is 4.79 Å². The quantitative estimate of drug-likeness (QED) is 0.309. The molecule has 0 radical (unpaired) electrons. The van der Waals surface area contributed by atoms with E-state index < -0.39 is 0 Å². The largest absolute Gasteiger partial charge is 0.463 e. The minimum absolute atomic E-state index is 0.359. The number of nitrogens with zero attached hydrogens (tertiary/aromatic N) is 1. The molecule has 0 heterocycles. The van der Waals surface area contributed by atoms with Gasteiger partial charge in [-0.1, -0.05) is 38.5 Å². The number of ether oxygens (including phenoxy) is 1. The Hall–Kier alpha value is -2.08. The molecule has 0 bridgehead atoms. The van der Waals surface area contributed by atoms with Crippen molar-refractivity contribution < 1.29 is 9.53 Å². The van der Waals surface area contributed by atoms with E-state index in [-0.39, 0.29) is 5.97 Å². The SMILES string of the molecule is C=CC#N.C=CC(=O)OCC.C=CC=C. The first-order valence-electron chi connectivity index (χ1n) is 4.17. The number of hydrogen-bond donors (Lipinski definition) is 0. The average Bonchev–Trinajstić information content (AvgIpc) is 2.30. The molecule has 0 aromatic carbocycles. The molecular formula is C12H17NO2. The molecule has 0 spiro atoms. The van der Waals surface area contributed by atoms with Crippen molar-refractivity contribution in [2.24, 2.45) is 0 Å². The van der Waals surface area contributed by atoms with Gasteiger partial charge in [-0.3, -0.25) is 0 Å². The lowest BCUT2D eigenvalue weighted by Gasteiger charge is -1.90. The molecule has 0 aliphatic heterocycles. The molecule has 0 amide bonds. The van der Waals surface area contributed by atoms with Crippen LogP contribution in [0.15, 0.2) is 50.6 Å². The molecule has 0 saturated carbocycles. The zero-order valence-electron chi connectivity index (χ0n) is 9.11. The van der Waals surface area contributed by atoms with Crippen molar-refractivity contribution in [1.82, 2.24) is 0 Å². The molecular weight excluding hydrogens is 190 g/mol. The van der Waals surface area contributed by atoms with Crippen LogP contribution in [0.25, 0.3) is 0 Å². The van der Waals surface area contributed by atoms with E-state index in [0.29, 0.717) is 6.61 Å². The second-order valence-corrected chi connectivity index (χ2v) is 1.76. The van der Waals surface area contributed by atoms with Gasteiger partial charge in [0.25, 0.3) is 0 Å². The predicted octanol–water partition coefficient (Wildman–Crippen LogP) is 2.79. The van der Waals surface area contributed by atoms with E-state index in [2.05, 4.69) is 31.1 Å².